The lowest BCUT2D eigenvalue weighted by molar-refractivity contribution is 0.638. The Balaban J connectivity index is 2.63. The molecule has 16 heavy (non-hydrogen) atoms. The van der Waals surface area contributed by atoms with E-state index < -0.39 is 0 Å². The van der Waals surface area contributed by atoms with Gasteiger partial charge in [0.1, 0.15) is 11.6 Å². The van der Waals surface area contributed by atoms with E-state index in [2.05, 4.69) is 45.2 Å². The molecule has 0 bridgehead atoms. The Bertz CT molecular complexity index is 600. The van der Waals surface area contributed by atoms with E-state index in [-0.39, 0.29) is 11.6 Å². The summed E-state index contributed by atoms with van der Waals surface area (Å²) in [4.78, 5) is 0. The topological polar surface area (TPSA) is 0 Å². The molecule has 0 amide bonds. The van der Waals surface area contributed by atoms with E-state index in [0.29, 0.717) is 20.2 Å². The van der Waals surface area contributed by atoms with Crippen molar-refractivity contribution in [2.24, 2.45) is 0 Å². The molecule has 6 heteroatoms. The molecule has 2 aromatic heterocycles. The molecule has 0 radical (unpaired) electrons. The predicted molar refractivity (Wildman–Crippen MR) is 82.6 cm³/mol. The molecule has 0 aliphatic rings. The Kier molecular flexibility index (Phi) is 2.88. The highest BCUT2D eigenvalue weighted by atomic mass is 127. The van der Waals surface area contributed by atoms with Gasteiger partial charge in [-0.15, -0.1) is 22.7 Å². The minimum Gasteiger partial charge on any atom is -0.205 e. The van der Waals surface area contributed by atoms with Gasteiger partial charge in [-0.05, 0) is 57.3 Å². The number of thiophene rings is 2. The monoisotopic (exact) mass is 478 g/mol. The van der Waals surface area contributed by atoms with Crippen LogP contribution in [-0.4, -0.2) is 0 Å². The number of fused-ring (bicyclic) bond motifs is 2. The van der Waals surface area contributed by atoms with Gasteiger partial charge in [-0.25, -0.2) is 8.78 Å². The van der Waals surface area contributed by atoms with E-state index in [1.165, 1.54) is 22.7 Å². The summed E-state index contributed by atoms with van der Waals surface area (Å²) in [6.07, 6.45) is 0. The summed E-state index contributed by atoms with van der Waals surface area (Å²) in [5, 5.41) is 0.801. The molecule has 2 heterocycles. The van der Waals surface area contributed by atoms with E-state index in [1.54, 1.807) is 12.1 Å². The van der Waals surface area contributed by atoms with E-state index in [1.807, 2.05) is 0 Å². The van der Waals surface area contributed by atoms with Crippen LogP contribution in [0.5, 0.6) is 0 Å². The maximum Gasteiger partial charge on any atom is 0.149 e. The van der Waals surface area contributed by atoms with E-state index >= 15 is 0 Å². The molecule has 0 N–H and O–H groups in total. The summed E-state index contributed by atoms with van der Waals surface area (Å²) in [6.45, 7) is 0. The molecule has 0 spiro atoms. The van der Waals surface area contributed by atoms with Crippen LogP contribution in [0.1, 0.15) is 0 Å². The first kappa shape index (κ1) is 11.5. The summed E-state index contributed by atoms with van der Waals surface area (Å²) in [5.74, 6) is -0.586. The van der Waals surface area contributed by atoms with Crippen LogP contribution in [-0.2, 0) is 0 Å². The SMILES string of the molecule is Fc1c2cc(I)sc2c(F)c2cc(I)sc12. The Labute approximate surface area is 125 Å². The van der Waals surface area contributed by atoms with Crippen LogP contribution in [0.15, 0.2) is 12.1 Å². The molecule has 0 aliphatic carbocycles. The highest BCUT2D eigenvalue weighted by molar-refractivity contribution is 14.1. The molecule has 82 valence electrons. The van der Waals surface area contributed by atoms with Crippen LogP contribution >= 0.6 is 67.9 Å². The van der Waals surface area contributed by atoms with Crippen LogP contribution in [0.2, 0.25) is 0 Å². The van der Waals surface area contributed by atoms with Crippen LogP contribution in [0.3, 0.4) is 0 Å². The highest BCUT2D eigenvalue weighted by Gasteiger charge is 2.18. The number of hydrogen-bond donors (Lipinski definition) is 0. The van der Waals surface area contributed by atoms with Crippen molar-refractivity contribution in [1.82, 2.24) is 0 Å². The average molecular weight is 478 g/mol. The third-order valence-corrected chi connectivity index (χ3v) is 6.05. The van der Waals surface area contributed by atoms with Gasteiger partial charge in [0.05, 0.1) is 15.2 Å². The molecule has 1 aromatic carbocycles. The van der Waals surface area contributed by atoms with Crippen molar-refractivity contribution in [3.63, 3.8) is 0 Å². The van der Waals surface area contributed by atoms with Gasteiger partial charge in [-0.1, -0.05) is 0 Å². The van der Waals surface area contributed by atoms with Crippen LogP contribution in [0.25, 0.3) is 20.2 Å². The minimum atomic E-state index is -0.293. The molecule has 0 atom stereocenters. The van der Waals surface area contributed by atoms with Gasteiger partial charge in [0.2, 0.25) is 0 Å². The lowest BCUT2D eigenvalue weighted by Gasteiger charge is -1.97. The summed E-state index contributed by atoms with van der Waals surface area (Å²) in [5.41, 5.74) is 0. The van der Waals surface area contributed by atoms with Crippen LogP contribution in [0.4, 0.5) is 8.78 Å². The molecule has 0 aliphatic heterocycles. The fraction of sp³-hybridized carbons (Fsp3) is 0. The zero-order valence-electron chi connectivity index (χ0n) is 7.48. The first-order valence-corrected chi connectivity index (χ1v) is 8.02. The fourth-order valence-corrected chi connectivity index (χ4v) is 5.22. The summed E-state index contributed by atoms with van der Waals surface area (Å²) in [6, 6.07) is 3.40. The van der Waals surface area contributed by atoms with Gasteiger partial charge >= 0.3 is 0 Å². The van der Waals surface area contributed by atoms with Gasteiger partial charge in [-0.3, -0.25) is 0 Å². The standard InChI is InChI=1S/C10H2F2I2S2/c11-7-3-1-5(13)15-9(3)8(12)4-2-6(14)16-10(4)7/h1-2H. The molecular formula is C10H2F2I2S2. The molecule has 0 nitrogen and oxygen atoms in total. The summed E-state index contributed by atoms with van der Waals surface area (Å²) >= 11 is 6.75. The summed E-state index contributed by atoms with van der Waals surface area (Å²) in [7, 11) is 0. The third kappa shape index (κ3) is 1.60. The molecule has 0 saturated heterocycles. The van der Waals surface area contributed by atoms with Gasteiger partial charge in [0.25, 0.3) is 0 Å². The summed E-state index contributed by atoms with van der Waals surface area (Å²) < 4.78 is 30.9. The molecular weight excluding hydrogens is 476 g/mol. The first-order chi connectivity index (χ1) is 7.58. The maximum atomic E-state index is 14.1. The number of rotatable bonds is 0. The third-order valence-electron chi connectivity index (χ3n) is 2.28. The van der Waals surface area contributed by atoms with Gasteiger partial charge < -0.3 is 0 Å². The Hall–Kier alpha value is 0.460. The fourth-order valence-electron chi connectivity index (χ4n) is 1.62. The molecule has 3 rings (SSSR count). The quantitative estimate of drug-likeness (QED) is 0.369. The molecule has 0 saturated carbocycles. The lowest BCUT2D eigenvalue weighted by atomic mass is 10.2. The van der Waals surface area contributed by atoms with Gasteiger partial charge in [0.15, 0.2) is 0 Å². The van der Waals surface area contributed by atoms with Crippen LogP contribution in [0, 0.1) is 17.4 Å². The largest absolute Gasteiger partial charge is 0.205 e. The smallest absolute Gasteiger partial charge is 0.149 e. The first-order valence-electron chi connectivity index (χ1n) is 4.23. The van der Waals surface area contributed by atoms with Gasteiger partial charge in [0, 0.05) is 10.8 Å². The van der Waals surface area contributed by atoms with E-state index in [9.17, 15) is 8.78 Å². The Morgan fingerprint density at radius 1 is 0.812 bits per heavy atom. The highest BCUT2D eigenvalue weighted by Crippen LogP contribution is 2.40. The van der Waals surface area contributed by atoms with Crippen molar-refractivity contribution in [2.75, 3.05) is 0 Å². The zero-order valence-corrected chi connectivity index (χ0v) is 13.4. The second-order valence-electron chi connectivity index (χ2n) is 3.21. The minimum absolute atomic E-state index is 0.293. The van der Waals surface area contributed by atoms with Crippen molar-refractivity contribution in [3.05, 3.63) is 29.5 Å². The zero-order chi connectivity index (χ0) is 11.4. The number of halogens is 4. The van der Waals surface area contributed by atoms with Crippen molar-refractivity contribution in [2.45, 2.75) is 0 Å². The molecule has 0 fully saturated rings. The Morgan fingerprint density at radius 3 is 1.56 bits per heavy atom. The van der Waals surface area contributed by atoms with Crippen molar-refractivity contribution in [1.29, 1.82) is 0 Å². The average Bonchev–Trinajstić information content (AvgIpc) is 2.78. The lowest BCUT2D eigenvalue weighted by Crippen LogP contribution is -1.81. The van der Waals surface area contributed by atoms with E-state index in [0.717, 1.165) is 5.77 Å². The normalized spacial score (nSPS) is 11.8. The molecule has 0 unspecified atom stereocenters. The van der Waals surface area contributed by atoms with E-state index in [4.69, 9.17) is 0 Å². The van der Waals surface area contributed by atoms with Crippen molar-refractivity contribution >= 4 is 88.0 Å². The van der Waals surface area contributed by atoms with Gasteiger partial charge in [-0.2, -0.15) is 0 Å². The second kappa shape index (κ2) is 3.99. The predicted octanol–water partition coefficient (Wildman–Crippen LogP) is 5.60. The van der Waals surface area contributed by atoms with Crippen molar-refractivity contribution < 1.29 is 8.78 Å². The number of benzene rings is 1. The number of hydrogen-bond acceptors (Lipinski definition) is 2. The second-order valence-corrected chi connectivity index (χ2v) is 9.11. The van der Waals surface area contributed by atoms with Crippen molar-refractivity contribution in [3.8, 4) is 0 Å². The van der Waals surface area contributed by atoms with Crippen LogP contribution < -0.4 is 0 Å². The Morgan fingerprint density at radius 2 is 1.19 bits per heavy atom. The molecule has 3 aromatic rings. The maximum absolute atomic E-state index is 14.1.